The molecule has 0 N–H and O–H groups in total. The average Bonchev–Trinajstić information content (AvgIpc) is 2.89. The Morgan fingerprint density at radius 2 is 1.73 bits per heavy atom. The van der Waals surface area contributed by atoms with Gasteiger partial charge in [-0.2, -0.15) is 13.2 Å². The van der Waals surface area contributed by atoms with Crippen LogP contribution in [0.15, 0.2) is 41.0 Å². The summed E-state index contributed by atoms with van der Waals surface area (Å²) in [6, 6.07) is 5.40. The van der Waals surface area contributed by atoms with Gasteiger partial charge >= 0.3 is 6.18 Å². The van der Waals surface area contributed by atoms with E-state index in [0.717, 1.165) is 18.2 Å². The molecule has 118 valence electrons. The summed E-state index contributed by atoms with van der Waals surface area (Å²) in [7, 11) is 0. The highest BCUT2D eigenvalue weighted by atomic mass is 19.4. The molecule has 3 nitrogen and oxygen atoms in total. The van der Waals surface area contributed by atoms with Crippen molar-refractivity contribution in [2.24, 2.45) is 0 Å². The zero-order valence-electron chi connectivity index (χ0n) is 11.0. The molecule has 0 aliphatic carbocycles. The van der Waals surface area contributed by atoms with Gasteiger partial charge in [0.1, 0.15) is 29.5 Å². The molecule has 1 aromatic heterocycles. The topological polar surface area (TPSA) is 33.5 Å². The Morgan fingerprint density at radius 3 is 2.23 bits per heavy atom. The van der Waals surface area contributed by atoms with E-state index in [-0.39, 0.29) is 10.7 Å². The Bertz CT molecular complexity index is 631. The SMILES string of the molecule is O=C(c1c(F)cccc1F)N(Cc1ccco1)CC(F)(F)F. The lowest BCUT2D eigenvalue weighted by Crippen LogP contribution is -2.39. The van der Waals surface area contributed by atoms with Gasteiger partial charge in [-0.25, -0.2) is 8.78 Å². The molecule has 8 heteroatoms. The van der Waals surface area contributed by atoms with Crippen LogP contribution in [0.3, 0.4) is 0 Å². The van der Waals surface area contributed by atoms with Gasteiger partial charge in [-0.15, -0.1) is 0 Å². The van der Waals surface area contributed by atoms with Crippen LogP contribution in [-0.2, 0) is 6.54 Å². The number of halogens is 5. The van der Waals surface area contributed by atoms with E-state index in [4.69, 9.17) is 4.42 Å². The number of nitrogens with zero attached hydrogens (tertiary/aromatic N) is 1. The van der Waals surface area contributed by atoms with Gasteiger partial charge in [-0.3, -0.25) is 4.79 Å². The van der Waals surface area contributed by atoms with Crippen LogP contribution in [0.1, 0.15) is 16.1 Å². The molecule has 2 rings (SSSR count). The fourth-order valence-corrected chi connectivity index (χ4v) is 1.87. The zero-order valence-corrected chi connectivity index (χ0v) is 11.0. The normalized spacial score (nSPS) is 11.5. The van der Waals surface area contributed by atoms with Crippen LogP contribution in [0, 0.1) is 11.6 Å². The molecular weight excluding hydrogens is 309 g/mol. The Morgan fingerprint density at radius 1 is 1.09 bits per heavy atom. The van der Waals surface area contributed by atoms with Crippen molar-refractivity contribution < 1.29 is 31.2 Å². The molecule has 2 aromatic rings. The lowest BCUT2D eigenvalue weighted by atomic mass is 10.1. The number of hydrogen-bond acceptors (Lipinski definition) is 2. The van der Waals surface area contributed by atoms with Gasteiger partial charge in [0.15, 0.2) is 0 Å². The summed E-state index contributed by atoms with van der Waals surface area (Å²) in [5.74, 6) is -3.79. The molecule has 0 radical (unpaired) electrons. The third-order valence-corrected chi connectivity index (χ3v) is 2.76. The van der Waals surface area contributed by atoms with E-state index in [1.165, 1.54) is 18.4 Å². The number of benzene rings is 1. The summed E-state index contributed by atoms with van der Waals surface area (Å²) < 4.78 is 69.8. The molecule has 0 atom stereocenters. The molecule has 1 heterocycles. The standard InChI is InChI=1S/C14H10F5NO2/c15-10-4-1-5-11(16)12(10)13(21)20(8-14(17,18)19)7-9-3-2-6-22-9/h1-6H,7-8H2. The lowest BCUT2D eigenvalue weighted by molar-refractivity contribution is -0.142. The van der Waals surface area contributed by atoms with Gasteiger partial charge in [-0.1, -0.05) is 6.07 Å². The fraction of sp³-hybridized carbons (Fsp3) is 0.214. The molecule has 0 saturated heterocycles. The second kappa shape index (κ2) is 6.17. The maximum Gasteiger partial charge on any atom is 0.406 e. The van der Waals surface area contributed by atoms with E-state index < -0.39 is 42.4 Å². The molecule has 1 amide bonds. The fourth-order valence-electron chi connectivity index (χ4n) is 1.87. The largest absolute Gasteiger partial charge is 0.467 e. The number of alkyl halides is 3. The van der Waals surface area contributed by atoms with E-state index in [1.807, 2.05) is 0 Å². The number of carbonyl (C=O) groups excluding carboxylic acids is 1. The zero-order chi connectivity index (χ0) is 16.3. The summed E-state index contributed by atoms with van der Waals surface area (Å²) in [6.45, 7) is -2.21. The van der Waals surface area contributed by atoms with Gasteiger partial charge in [0, 0.05) is 0 Å². The van der Waals surface area contributed by atoms with Crippen molar-refractivity contribution in [2.75, 3.05) is 6.54 Å². The van der Waals surface area contributed by atoms with Crippen LogP contribution < -0.4 is 0 Å². The van der Waals surface area contributed by atoms with E-state index in [1.54, 1.807) is 0 Å². The molecule has 1 aromatic carbocycles. The van der Waals surface area contributed by atoms with Crippen LogP contribution in [0.25, 0.3) is 0 Å². The molecule has 22 heavy (non-hydrogen) atoms. The molecule has 0 fully saturated rings. The second-order valence-electron chi connectivity index (χ2n) is 4.45. The summed E-state index contributed by atoms with van der Waals surface area (Å²) in [6.07, 6.45) is -3.50. The van der Waals surface area contributed by atoms with Crippen LogP contribution in [0.2, 0.25) is 0 Å². The van der Waals surface area contributed by atoms with E-state index in [9.17, 15) is 26.7 Å². The summed E-state index contributed by atoms with van der Waals surface area (Å²) in [5, 5.41) is 0. The van der Waals surface area contributed by atoms with Crippen molar-refractivity contribution in [1.29, 1.82) is 0 Å². The van der Waals surface area contributed by atoms with Crippen molar-refractivity contribution in [3.63, 3.8) is 0 Å². The monoisotopic (exact) mass is 319 g/mol. The minimum Gasteiger partial charge on any atom is -0.467 e. The molecular formula is C14H10F5NO2. The summed E-state index contributed by atoms with van der Waals surface area (Å²) >= 11 is 0. The summed E-state index contributed by atoms with van der Waals surface area (Å²) in [4.78, 5) is 12.4. The number of furan rings is 1. The van der Waals surface area contributed by atoms with Crippen LogP contribution >= 0.6 is 0 Å². The first-order valence-corrected chi connectivity index (χ1v) is 6.10. The van der Waals surface area contributed by atoms with Crippen LogP contribution in [0.4, 0.5) is 22.0 Å². The van der Waals surface area contributed by atoms with Crippen molar-refractivity contribution in [1.82, 2.24) is 4.90 Å². The molecule has 0 saturated carbocycles. The van der Waals surface area contributed by atoms with Crippen molar-refractivity contribution in [3.8, 4) is 0 Å². The second-order valence-corrected chi connectivity index (χ2v) is 4.45. The smallest absolute Gasteiger partial charge is 0.406 e. The maximum atomic E-state index is 13.6. The highest BCUT2D eigenvalue weighted by molar-refractivity contribution is 5.94. The van der Waals surface area contributed by atoms with Crippen molar-refractivity contribution in [2.45, 2.75) is 12.7 Å². The number of amides is 1. The van der Waals surface area contributed by atoms with Gasteiger partial charge < -0.3 is 9.32 Å². The first kappa shape index (κ1) is 16.0. The number of carbonyl (C=O) groups is 1. The van der Waals surface area contributed by atoms with Crippen molar-refractivity contribution in [3.05, 3.63) is 59.6 Å². The van der Waals surface area contributed by atoms with E-state index in [2.05, 4.69) is 0 Å². The molecule has 0 aliphatic rings. The van der Waals surface area contributed by atoms with E-state index >= 15 is 0 Å². The minimum absolute atomic E-state index is 0.0642. The maximum absolute atomic E-state index is 13.6. The highest BCUT2D eigenvalue weighted by Gasteiger charge is 2.35. The lowest BCUT2D eigenvalue weighted by Gasteiger charge is -2.23. The van der Waals surface area contributed by atoms with E-state index in [0.29, 0.717) is 0 Å². The molecule has 0 aliphatic heterocycles. The van der Waals surface area contributed by atoms with Gasteiger partial charge in [0.05, 0.1) is 12.8 Å². The predicted octanol–water partition coefficient (Wildman–Crippen LogP) is 3.76. The first-order chi connectivity index (χ1) is 10.3. The molecule has 0 spiro atoms. The number of hydrogen-bond donors (Lipinski definition) is 0. The quantitative estimate of drug-likeness (QED) is 0.804. The molecule has 0 bridgehead atoms. The molecule has 0 unspecified atom stereocenters. The third-order valence-electron chi connectivity index (χ3n) is 2.76. The average molecular weight is 319 g/mol. The predicted molar refractivity (Wildman–Crippen MR) is 65.9 cm³/mol. The minimum atomic E-state index is -4.72. The van der Waals surface area contributed by atoms with Crippen molar-refractivity contribution >= 4 is 5.91 Å². The van der Waals surface area contributed by atoms with Gasteiger partial charge in [0.2, 0.25) is 0 Å². The Labute approximate surface area is 121 Å². The van der Waals surface area contributed by atoms with Gasteiger partial charge in [0.25, 0.3) is 5.91 Å². The Kier molecular flexibility index (Phi) is 4.48. The Hall–Kier alpha value is -2.38. The third kappa shape index (κ3) is 3.84. The van der Waals surface area contributed by atoms with Crippen LogP contribution in [0.5, 0.6) is 0 Å². The Balaban J connectivity index is 2.33. The highest BCUT2D eigenvalue weighted by Crippen LogP contribution is 2.22. The van der Waals surface area contributed by atoms with Gasteiger partial charge in [-0.05, 0) is 24.3 Å². The number of rotatable bonds is 4. The first-order valence-electron chi connectivity index (χ1n) is 6.10. The van der Waals surface area contributed by atoms with Crippen LogP contribution in [-0.4, -0.2) is 23.5 Å². The summed E-state index contributed by atoms with van der Waals surface area (Å²) in [5.41, 5.74) is -1.03.